The van der Waals surface area contributed by atoms with Gasteiger partial charge in [0.15, 0.2) is 11.5 Å². The van der Waals surface area contributed by atoms with Crippen LogP contribution in [-0.2, 0) is 11.2 Å². The number of ether oxygens (including phenoxy) is 2. The largest absolute Gasteiger partial charge is 0.493 e. The van der Waals surface area contributed by atoms with Crippen LogP contribution in [0.3, 0.4) is 0 Å². The lowest BCUT2D eigenvalue weighted by Gasteiger charge is -2.19. The monoisotopic (exact) mass is 385 g/mol. The number of rotatable bonds is 9. The Bertz CT molecular complexity index is 823. The number of hydrogen-bond acceptors (Lipinski definition) is 4. The average Bonchev–Trinajstić information content (AvgIpc) is 2.67. The number of carbonyl (C=O) groups excluding carboxylic acids is 2. The Hall–Kier alpha value is -3.22. The number of amides is 3. The summed E-state index contributed by atoms with van der Waals surface area (Å²) in [4.78, 5) is 23.7. The van der Waals surface area contributed by atoms with Crippen LogP contribution in [0.1, 0.15) is 29.2 Å². The molecule has 0 bridgehead atoms. The predicted octanol–water partition coefficient (Wildman–Crippen LogP) is 2.47. The quantitative estimate of drug-likeness (QED) is 0.617. The van der Waals surface area contributed by atoms with E-state index >= 15 is 0 Å². The molecule has 4 N–H and O–H groups in total. The van der Waals surface area contributed by atoms with E-state index in [-0.39, 0.29) is 12.3 Å². The Labute approximate surface area is 165 Å². The molecule has 2 rings (SSSR count). The molecule has 2 aromatic carbocycles. The van der Waals surface area contributed by atoms with Crippen molar-refractivity contribution in [3.8, 4) is 11.5 Å². The van der Waals surface area contributed by atoms with Crippen molar-refractivity contribution in [2.24, 2.45) is 5.73 Å². The highest BCUT2D eigenvalue weighted by molar-refractivity contribution is 5.78. The molecule has 7 nitrogen and oxygen atoms in total. The van der Waals surface area contributed by atoms with Gasteiger partial charge in [-0.3, -0.25) is 4.79 Å². The van der Waals surface area contributed by atoms with Crippen molar-refractivity contribution in [3.63, 3.8) is 0 Å². The van der Waals surface area contributed by atoms with Gasteiger partial charge in [0.05, 0.1) is 26.7 Å². The molecule has 1 atom stereocenters. The van der Waals surface area contributed by atoms with Crippen LogP contribution in [0.2, 0.25) is 0 Å². The summed E-state index contributed by atoms with van der Waals surface area (Å²) in [6.45, 7) is 2.39. The second-order valence-electron chi connectivity index (χ2n) is 6.41. The van der Waals surface area contributed by atoms with Crippen LogP contribution in [0, 0.1) is 6.92 Å². The van der Waals surface area contributed by atoms with Crippen molar-refractivity contribution in [1.29, 1.82) is 0 Å². The highest BCUT2D eigenvalue weighted by atomic mass is 16.5. The summed E-state index contributed by atoms with van der Waals surface area (Å²) in [5.74, 6) is 1.15. The van der Waals surface area contributed by atoms with Gasteiger partial charge >= 0.3 is 6.03 Å². The van der Waals surface area contributed by atoms with Gasteiger partial charge in [0.2, 0.25) is 5.91 Å². The molecule has 0 spiro atoms. The molecule has 3 amide bonds. The molecule has 150 valence electrons. The molecule has 0 aliphatic heterocycles. The smallest absolute Gasteiger partial charge is 0.312 e. The Kier molecular flexibility index (Phi) is 7.68. The predicted molar refractivity (Wildman–Crippen MR) is 108 cm³/mol. The molecule has 1 unspecified atom stereocenters. The minimum absolute atomic E-state index is 0.111. The minimum Gasteiger partial charge on any atom is -0.493 e. The number of aryl methyl sites for hydroxylation is 1. The molecule has 7 heteroatoms. The summed E-state index contributed by atoms with van der Waals surface area (Å²) in [7, 11) is 3.17. The van der Waals surface area contributed by atoms with Gasteiger partial charge in [-0.15, -0.1) is 0 Å². The Morgan fingerprint density at radius 2 is 1.79 bits per heavy atom. The number of nitrogens with one attached hydrogen (secondary N) is 2. The standard InChI is InChI=1S/C21H27N3O4/c1-14-6-4-5-7-16(14)17(24-21(22)26)13-20(25)23-11-10-15-8-9-18(27-2)19(12-15)28-3/h4-9,12,17H,10-11,13H2,1-3H3,(H,23,25)(H3,22,24,26). The van der Waals surface area contributed by atoms with E-state index in [9.17, 15) is 9.59 Å². The van der Waals surface area contributed by atoms with E-state index < -0.39 is 12.1 Å². The summed E-state index contributed by atoms with van der Waals surface area (Å²) in [6, 6.07) is 12.1. The number of nitrogens with two attached hydrogens (primary N) is 1. The number of methoxy groups -OCH3 is 2. The maximum atomic E-state index is 12.4. The normalized spacial score (nSPS) is 11.4. The van der Waals surface area contributed by atoms with Crippen molar-refractivity contribution < 1.29 is 19.1 Å². The van der Waals surface area contributed by atoms with Crippen LogP contribution in [-0.4, -0.2) is 32.7 Å². The van der Waals surface area contributed by atoms with Crippen LogP contribution in [0.5, 0.6) is 11.5 Å². The second-order valence-corrected chi connectivity index (χ2v) is 6.41. The molecule has 0 saturated heterocycles. The molecule has 0 radical (unpaired) electrons. The number of hydrogen-bond donors (Lipinski definition) is 3. The maximum absolute atomic E-state index is 12.4. The molecule has 0 fully saturated rings. The SMILES string of the molecule is COc1ccc(CCNC(=O)CC(NC(N)=O)c2ccccc2C)cc1OC. The summed E-state index contributed by atoms with van der Waals surface area (Å²) in [5.41, 5.74) is 8.15. The number of urea groups is 1. The van der Waals surface area contributed by atoms with Gasteiger partial charge in [-0.2, -0.15) is 0 Å². The van der Waals surface area contributed by atoms with Gasteiger partial charge in [0.25, 0.3) is 0 Å². The summed E-state index contributed by atoms with van der Waals surface area (Å²) >= 11 is 0. The average molecular weight is 385 g/mol. The molecule has 0 saturated carbocycles. The van der Waals surface area contributed by atoms with Gasteiger partial charge in [-0.05, 0) is 42.2 Å². The molecular weight excluding hydrogens is 358 g/mol. The lowest BCUT2D eigenvalue weighted by Crippen LogP contribution is -2.37. The zero-order valence-corrected chi connectivity index (χ0v) is 16.5. The van der Waals surface area contributed by atoms with Crippen molar-refractivity contribution in [1.82, 2.24) is 10.6 Å². The topological polar surface area (TPSA) is 103 Å². The molecule has 0 aliphatic carbocycles. The molecule has 28 heavy (non-hydrogen) atoms. The van der Waals surface area contributed by atoms with E-state index in [1.165, 1.54) is 0 Å². The molecule has 0 aliphatic rings. The van der Waals surface area contributed by atoms with Crippen LogP contribution < -0.4 is 25.8 Å². The van der Waals surface area contributed by atoms with E-state index in [1.807, 2.05) is 49.4 Å². The Balaban J connectivity index is 1.94. The first-order valence-corrected chi connectivity index (χ1v) is 9.03. The van der Waals surface area contributed by atoms with Gasteiger partial charge < -0.3 is 25.8 Å². The lowest BCUT2D eigenvalue weighted by molar-refractivity contribution is -0.121. The first-order valence-electron chi connectivity index (χ1n) is 9.03. The molecule has 2 aromatic rings. The minimum atomic E-state index is -0.661. The fraction of sp³-hybridized carbons (Fsp3) is 0.333. The highest BCUT2D eigenvalue weighted by Gasteiger charge is 2.18. The van der Waals surface area contributed by atoms with E-state index in [0.717, 1.165) is 16.7 Å². The highest BCUT2D eigenvalue weighted by Crippen LogP contribution is 2.27. The first-order chi connectivity index (χ1) is 13.4. The number of carbonyl (C=O) groups is 2. The summed E-state index contributed by atoms with van der Waals surface area (Å²) in [5, 5.41) is 5.54. The van der Waals surface area contributed by atoms with Gasteiger partial charge in [-0.1, -0.05) is 30.3 Å². The summed E-state index contributed by atoms with van der Waals surface area (Å²) in [6.07, 6.45) is 0.754. The number of benzene rings is 2. The third-order valence-electron chi connectivity index (χ3n) is 4.45. The maximum Gasteiger partial charge on any atom is 0.312 e. The van der Waals surface area contributed by atoms with E-state index in [1.54, 1.807) is 14.2 Å². The number of primary amides is 1. The second kappa shape index (κ2) is 10.2. The van der Waals surface area contributed by atoms with E-state index in [2.05, 4.69) is 10.6 Å². The van der Waals surface area contributed by atoms with Crippen molar-refractivity contribution in [2.45, 2.75) is 25.8 Å². The summed E-state index contributed by atoms with van der Waals surface area (Å²) < 4.78 is 10.5. The van der Waals surface area contributed by atoms with E-state index in [0.29, 0.717) is 24.5 Å². The van der Waals surface area contributed by atoms with Crippen molar-refractivity contribution in [3.05, 3.63) is 59.2 Å². The third kappa shape index (κ3) is 5.90. The van der Waals surface area contributed by atoms with E-state index in [4.69, 9.17) is 15.2 Å². The fourth-order valence-corrected chi connectivity index (χ4v) is 3.03. The van der Waals surface area contributed by atoms with Crippen molar-refractivity contribution >= 4 is 11.9 Å². The molecule has 0 aromatic heterocycles. The van der Waals surface area contributed by atoms with Gasteiger partial charge in [0, 0.05) is 6.54 Å². The molecule has 0 heterocycles. The third-order valence-corrected chi connectivity index (χ3v) is 4.45. The van der Waals surface area contributed by atoms with Crippen molar-refractivity contribution in [2.75, 3.05) is 20.8 Å². The van der Waals surface area contributed by atoms with Crippen LogP contribution in [0.4, 0.5) is 4.79 Å². The van der Waals surface area contributed by atoms with Crippen LogP contribution in [0.25, 0.3) is 0 Å². The first kappa shape index (κ1) is 21.1. The zero-order chi connectivity index (χ0) is 20.5. The zero-order valence-electron chi connectivity index (χ0n) is 16.5. The van der Waals surface area contributed by atoms with Gasteiger partial charge in [0.1, 0.15) is 0 Å². The lowest BCUT2D eigenvalue weighted by atomic mass is 9.98. The van der Waals surface area contributed by atoms with Crippen LogP contribution in [0.15, 0.2) is 42.5 Å². The molecular formula is C21H27N3O4. The Morgan fingerprint density at radius 3 is 2.43 bits per heavy atom. The van der Waals surface area contributed by atoms with Gasteiger partial charge in [-0.25, -0.2) is 4.79 Å². The Morgan fingerprint density at radius 1 is 1.07 bits per heavy atom. The fourth-order valence-electron chi connectivity index (χ4n) is 3.03. The van der Waals surface area contributed by atoms with Crippen LogP contribution >= 0.6 is 0 Å².